The molecule has 0 aliphatic rings. The Morgan fingerprint density at radius 2 is 1.38 bits per heavy atom. The van der Waals surface area contributed by atoms with Crippen LogP contribution in [-0.4, -0.2) is 18.0 Å². The fourth-order valence-electron chi connectivity index (χ4n) is 0.439. The molecule has 0 saturated carbocycles. The van der Waals surface area contributed by atoms with Gasteiger partial charge in [-0.2, -0.15) is 0 Å². The summed E-state index contributed by atoms with van der Waals surface area (Å²) in [5.74, 6) is -0.245. The second-order valence-corrected chi connectivity index (χ2v) is 2.75. The van der Waals surface area contributed by atoms with E-state index in [2.05, 4.69) is 4.74 Å². The van der Waals surface area contributed by atoms with Gasteiger partial charge in [0.15, 0.2) is 0 Å². The molecule has 5 heteroatoms. The van der Waals surface area contributed by atoms with Gasteiger partial charge in [0.05, 0.1) is 12.0 Å². The Labute approximate surface area is 131 Å². The minimum atomic E-state index is -0.361. The first-order valence-electron chi connectivity index (χ1n) is 7.32. The Kier molecular flexibility index (Phi) is 54.6. The van der Waals surface area contributed by atoms with Crippen LogP contribution in [0.1, 0.15) is 68.7 Å². The molecule has 5 nitrogen and oxygen atoms in total. The molecule has 0 amide bonds. The lowest BCUT2D eigenvalue weighted by Gasteiger charge is -1.87. The van der Waals surface area contributed by atoms with Crippen LogP contribution in [0, 0.1) is 10.1 Å². The lowest BCUT2D eigenvalue weighted by molar-refractivity contribution is -0.427. The minimum Gasteiger partial charge on any atom is -0.469 e. The molecule has 0 aromatic carbocycles. The van der Waals surface area contributed by atoms with E-state index in [-0.39, 0.29) is 16.6 Å². The highest BCUT2D eigenvalue weighted by molar-refractivity contribution is 5.65. The van der Waals surface area contributed by atoms with Crippen molar-refractivity contribution < 1.29 is 14.5 Å². The van der Waals surface area contributed by atoms with Crippen molar-refractivity contribution in [2.24, 2.45) is 0 Å². The maximum absolute atomic E-state index is 9.90. The zero-order chi connectivity index (χ0) is 18.3. The summed E-state index contributed by atoms with van der Waals surface area (Å²) in [5.41, 5.74) is 0.282. The van der Waals surface area contributed by atoms with Gasteiger partial charge in [0.1, 0.15) is 0 Å². The fourth-order valence-corrected chi connectivity index (χ4v) is 0.439. The highest BCUT2D eigenvalue weighted by atomic mass is 16.6. The molecule has 0 rings (SSSR count). The van der Waals surface area contributed by atoms with E-state index in [0.29, 0.717) is 6.42 Å². The molecule has 0 N–H and O–H groups in total. The minimum absolute atomic E-state index is 0.245. The van der Waals surface area contributed by atoms with Crippen molar-refractivity contribution in [3.63, 3.8) is 0 Å². The molecule has 0 bridgehead atoms. The van der Waals surface area contributed by atoms with Gasteiger partial charge >= 0.3 is 5.97 Å². The third kappa shape index (κ3) is 56.1. The topological polar surface area (TPSA) is 69.4 Å². The Morgan fingerprint density at radius 1 is 1.10 bits per heavy atom. The first-order chi connectivity index (χ1) is 9.90. The summed E-state index contributed by atoms with van der Waals surface area (Å²) in [6, 6.07) is 0. The Bertz CT molecular complexity index is 255. The van der Waals surface area contributed by atoms with Crippen LogP contribution in [-0.2, 0) is 9.53 Å². The Hall–Kier alpha value is -1.65. The number of carbonyl (C=O) groups excluding carboxylic acids is 1. The molecule has 0 aliphatic carbocycles. The summed E-state index contributed by atoms with van der Waals surface area (Å²) in [5, 5.41) is 9.90. The number of hydrogen-bond acceptors (Lipinski definition) is 4. The number of hydrogen-bond donors (Lipinski definition) is 0. The molecule has 0 fully saturated rings. The van der Waals surface area contributed by atoms with Crippen LogP contribution < -0.4 is 0 Å². The van der Waals surface area contributed by atoms with E-state index in [1.54, 1.807) is 13.8 Å². The standard InChI is InChI=1S/C5H9NO2.C4H8.C3H6O2.2C2H6/c1-3-5(4-2)6(7)8;1-3-4-2;1-3(4)5-2;2*1-2/h3H,4H2,1-2H3;3-4H,1-2H3;1-2H3;2*1-2H3/b5-3+;4-3-;;;. The smallest absolute Gasteiger partial charge is 0.302 e. The average Bonchev–Trinajstić information content (AvgIpc) is 2.53. The van der Waals surface area contributed by atoms with Crippen LogP contribution in [0.4, 0.5) is 0 Å². The quantitative estimate of drug-likeness (QED) is 0.297. The lowest BCUT2D eigenvalue weighted by atomic mass is 10.3. The Morgan fingerprint density at radius 3 is 1.38 bits per heavy atom. The average molecular weight is 305 g/mol. The highest BCUT2D eigenvalue weighted by Gasteiger charge is 2.01. The molecule has 0 radical (unpaired) electrons. The first kappa shape index (κ1) is 31.6. The largest absolute Gasteiger partial charge is 0.469 e. The third-order valence-electron chi connectivity index (χ3n) is 1.55. The van der Waals surface area contributed by atoms with E-state index >= 15 is 0 Å². The van der Waals surface area contributed by atoms with Gasteiger partial charge in [-0.25, -0.2) is 0 Å². The molecule has 0 unspecified atom stereocenters. The first-order valence-corrected chi connectivity index (χ1v) is 7.32. The molecule has 21 heavy (non-hydrogen) atoms. The maximum atomic E-state index is 9.90. The second-order valence-electron chi connectivity index (χ2n) is 2.75. The number of nitrogens with zero attached hydrogens (tertiary/aromatic N) is 1. The number of esters is 1. The number of carbonyl (C=O) groups is 1. The van der Waals surface area contributed by atoms with Crippen molar-refractivity contribution in [2.75, 3.05) is 7.11 Å². The van der Waals surface area contributed by atoms with Gasteiger partial charge in [-0.1, -0.05) is 46.8 Å². The molecular formula is C16H35NO4. The summed E-state index contributed by atoms with van der Waals surface area (Å²) in [7, 11) is 1.35. The van der Waals surface area contributed by atoms with Crippen LogP contribution in [0.3, 0.4) is 0 Å². The van der Waals surface area contributed by atoms with Crippen LogP contribution in [0.5, 0.6) is 0 Å². The zero-order valence-corrected chi connectivity index (χ0v) is 15.5. The van der Waals surface area contributed by atoms with E-state index in [9.17, 15) is 14.9 Å². The molecule has 0 aromatic rings. The van der Waals surface area contributed by atoms with Gasteiger partial charge in [-0.05, 0) is 26.8 Å². The second kappa shape index (κ2) is 36.2. The number of methoxy groups -OCH3 is 1. The van der Waals surface area contributed by atoms with Crippen LogP contribution in [0.15, 0.2) is 23.9 Å². The van der Waals surface area contributed by atoms with Crippen molar-refractivity contribution in [3.05, 3.63) is 34.0 Å². The maximum Gasteiger partial charge on any atom is 0.302 e. The summed E-state index contributed by atoms with van der Waals surface area (Å²) in [6.07, 6.45) is 6.02. The predicted octanol–water partition coefficient (Wildman–Crippen LogP) is 5.39. The predicted molar refractivity (Wildman–Crippen MR) is 91.9 cm³/mol. The molecule has 0 spiro atoms. The van der Waals surface area contributed by atoms with E-state index < -0.39 is 0 Å². The number of ether oxygens (including phenoxy) is 1. The van der Waals surface area contributed by atoms with Gasteiger partial charge in [0.2, 0.25) is 5.70 Å². The van der Waals surface area contributed by atoms with Crippen molar-refractivity contribution in [1.82, 2.24) is 0 Å². The van der Waals surface area contributed by atoms with Gasteiger partial charge < -0.3 is 4.74 Å². The van der Waals surface area contributed by atoms with E-state index in [4.69, 9.17) is 0 Å². The van der Waals surface area contributed by atoms with Gasteiger partial charge in [-0.15, -0.1) is 0 Å². The van der Waals surface area contributed by atoms with E-state index in [0.717, 1.165) is 0 Å². The fraction of sp³-hybridized carbons (Fsp3) is 0.688. The van der Waals surface area contributed by atoms with Crippen molar-refractivity contribution >= 4 is 5.97 Å². The number of nitro groups is 1. The number of allylic oxidation sites excluding steroid dienone is 4. The molecular weight excluding hydrogens is 270 g/mol. The van der Waals surface area contributed by atoms with Gasteiger partial charge in [-0.3, -0.25) is 14.9 Å². The molecule has 0 aliphatic heterocycles. The van der Waals surface area contributed by atoms with Crippen molar-refractivity contribution in [3.8, 4) is 0 Å². The van der Waals surface area contributed by atoms with Gasteiger partial charge in [0, 0.05) is 13.3 Å². The van der Waals surface area contributed by atoms with Crippen LogP contribution in [0.25, 0.3) is 0 Å². The monoisotopic (exact) mass is 305 g/mol. The van der Waals surface area contributed by atoms with E-state index in [1.165, 1.54) is 20.1 Å². The third-order valence-corrected chi connectivity index (χ3v) is 1.55. The van der Waals surface area contributed by atoms with Crippen molar-refractivity contribution in [2.45, 2.75) is 68.7 Å². The SMILES string of the molecule is C/C=C(\CC)[N+](=O)[O-].C/C=C\C.CC.CC.COC(C)=O. The summed E-state index contributed by atoms with van der Waals surface area (Å²) in [4.78, 5) is 19.1. The van der Waals surface area contributed by atoms with E-state index in [1.807, 2.05) is 53.7 Å². The van der Waals surface area contributed by atoms with Crippen LogP contribution >= 0.6 is 0 Å². The Balaban J connectivity index is -0.0000000571. The lowest BCUT2D eigenvalue weighted by Crippen LogP contribution is -1.95. The summed E-state index contributed by atoms with van der Waals surface area (Å²) < 4.78 is 4.11. The number of rotatable bonds is 2. The molecule has 0 heterocycles. The summed E-state index contributed by atoms with van der Waals surface area (Å²) in [6.45, 7) is 16.8. The normalized spacial score (nSPS) is 8.38. The molecule has 0 saturated heterocycles. The molecule has 0 atom stereocenters. The highest BCUT2D eigenvalue weighted by Crippen LogP contribution is 1.98. The van der Waals surface area contributed by atoms with Gasteiger partial charge in [0.25, 0.3) is 0 Å². The molecule has 0 aromatic heterocycles. The zero-order valence-electron chi connectivity index (χ0n) is 15.5. The van der Waals surface area contributed by atoms with Crippen LogP contribution in [0.2, 0.25) is 0 Å². The summed E-state index contributed by atoms with van der Waals surface area (Å²) >= 11 is 0. The van der Waals surface area contributed by atoms with Crippen molar-refractivity contribution in [1.29, 1.82) is 0 Å². The molecule has 128 valence electrons.